The monoisotopic (exact) mass is 462 g/mol. The van der Waals surface area contributed by atoms with Crippen LogP contribution in [0.4, 0.5) is 17.2 Å². The zero-order chi connectivity index (χ0) is 22.8. The topological polar surface area (TPSA) is 102 Å². The van der Waals surface area contributed by atoms with Gasteiger partial charge in [0, 0.05) is 38.4 Å². The van der Waals surface area contributed by atoms with E-state index in [2.05, 4.69) is 59.8 Å². The largest absolute Gasteiger partial charge is 0.336 e. The molecule has 1 saturated heterocycles. The van der Waals surface area contributed by atoms with Crippen molar-refractivity contribution in [2.45, 2.75) is 13.5 Å². The fraction of sp³-hybridized carbons (Fsp3) is 0.304. The number of nitrogens with zero attached hydrogens (tertiary/aromatic N) is 5. The summed E-state index contributed by atoms with van der Waals surface area (Å²) in [6, 6.07) is 9.98. The molecule has 1 amide bonds. The maximum absolute atomic E-state index is 12.9. The molecular formula is C23H26N8OS. The number of aromatic amines is 1. The van der Waals surface area contributed by atoms with Gasteiger partial charge in [-0.3, -0.25) is 14.8 Å². The van der Waals surface area contributed by atoms with Gasteiger partial charge in [-0.05, 0) is 43.1 Å². The molecule has 3 aromatic heterocycles. The molecule has 5 rings (SSSR count). The predicted molar refractivity (Wildman–Crippen MR) is 131 cm³/mol. The SMILES string of the molecule is Cc1nc(Nc2cn[nH]c2C(=O)Nc2ccc(CN3CCN(C)CC3)cc2)c2ccsc2n1. The summed E-state index contributed by atoms with van der Waals surface area (Å²) in [6.07, 6.45) is 1.59. The lowest BCUT2D eigenvalue weighted by atomic mass is 10.1. The average Bonchev–Trinajstić information content (AvgIpc) is 3.46. The second-order valence-corrected chi connectivity index (χ2v) is 9.17. The quantitative estimate of drug-likeness (QED) is 0.403. The van der Waals surface area contributed by atoms with E-state index in [9.17, 15) is 4.79 Å². The molecule has 1 aliphatic rings. The number of aromatic nitrogens is 4. The first-order valence-corrected chi connectivity index (χ1v) is 11.8. The number of nitrogens with one attached hydrogen (secondary N) is 3. The zero-order valence-electron chi connectivity index (χ0n) is 18.6. The number of piperazine rings is 1. The molecule has 1 aromatic carbocycles. The number of rotatable bonds is 6. The van der Waals surface area contributed by atoms with Gasteiger partial charge >= 0.3 is 0 Å². The summed E-state index contributed by atoms with van der Waals surface area (Å²) >= 11 is 1.55. The lowest BCUT2D eigenvalue weighted by molar-refractivity contribution is 0.102. The fourth-order valence-electron chi connectivity index (χ4n) is 3.89. The minimum absolute atomic E-state index is 0.269. The molecule has 0 aliphatic carbocycles. The Labute approximate surface area is 195 Å². The summed E-state index contributed by atoms with van der Waals surface area (Å²) in [6.45, 7) is 7.12. The minimum atomic E-state index is -0.269. The third kappa shape index (κ3) is 4.87. The van der Waals surface area contributed by atoms with E-state index in [4.69, 9.17) is 0 Å². The van der Waals surface area contributed by atoms with Crippen LogP contribution < -0.4 is 10.6 Å². The molecule has 9 nitrogen and oxygen atoms in total. The molecular weight excluding hydrogens is 436 g/mol. The number of fused-ring (bicyclic) bond motifs is 1. The summed E-state index contributed by atoms with van der Waals surface area (Å²) in [5.41, 5.74) is 2.88. The number of anilines is 3. The van der Waals surface area contributed by atoms with Crippen molar-refractivity contribution < 1.29 is 4.79 Å². The molecule has 0 atom stereocenters. The Morgan fingerprint density at radius 1 is 1.12 bits per heavy atom. The van der Waals surface area contributed by atoms with Crippen molar-refractivity contribution >= 4 is 44.7 Å². The van der Waals surface area contributed by atoms with Crippen molar-refractivity contribution in [1.29, 1.82) is 0 Å². The maximum Gasteiger partial charge on any atom is 0.275 e. The van der Waals surface area contributed by atoms with Crippen molar-refractivity contribution in [1.82, 2.24) is 30.0 Å². The molecule has 4 aromatic rings. The van der Waals surface area contributed by atoms with Crippen LogP contribution in [-0.2, 0) is 6.54 Å². The molecule has 0 radical (unpaired) electrons. The van der Waals surface area contributed by atoms with Gasteiger partial charge in [-0.15, -0.1) is 11.3 Å². The summed E-state index contributed by atoms with van der Waals surface area (Å²) in [5, 5.41) is 15.9. The van der Waals surface area contributed by atoms with E-state index in [1.165, 1.54) is 5.56 Å². The van der Waals surface area contributed by atoms with Gasteiger partial charge in [-0.1, -0.05) is 12.1 Å². The van der Waals surface area contributed by atoms with Gasteiger partial charge in [0.05, 0.1) is 17.3 Å². The van der Waals surface area contributed by atoms with Gasteiger partial charge in [0.25, 0.3) is 5.91 Å². The van der Waals surface area contributed by atoms with E-state index >= 15 is 0 Å². The number of carbonyl (C=O) groups is 1. The summed E-state index contributed by atoms with van der Waals surface area (Å²) in [5.74, 6) is 1.05. The van der Waals surface area contributed by atoms with Crippen molar-refractivity contribution in [2.24, 2.45) is 0 Å². The van der Waals surface area contributed by atoms with Crippen molar-refractivity contribution in [3.05, 3.63) is 59.0 Å². The van der Waals surface area contributed by atoms with Gasteiger partial charge in [-0.25, -0.2) is 9.97 Å². The van der Waals surface area contributed by atoms with Gasteiger partial charge < -0.3 is 15.5 Å². The van der Waals surface area contributed by atoms with Crippen LogP contribution >= 0.6 is 11.3 Å². The van der Waals surface area contributed by atoms with E-state index in [1.807, 2.05) is 30.5 Å². The van der Waals surface area contributed by atoms with E-state index in [-0.39, 0.29) is 5.91 Å². The molecule has 0 bridgehead atoms. The van der Waals surface area contributed by atoms with E-state index in [0.717, 1.165) is 48.6 Å². The molecule has 10 heteroatoms. The lowest BCUT2D eigenvalue weighted by Crippen LogP contribution is -2.43. The second-order valence-electron chi connectivity index (χ2n) is 8.27. The summed E-state index contributed by atoms with van der Waals surface area (Å²) < 4.78 is 0. The maximum atomic E-state index is 12.9. The molecule has 3 N–H and O–H groups in total. The first-order chi connectivity index (χ1) is 16.0. The third-order valence-corrected chi connectivity index (χ3v) is 6.58. The van der Waals surface area contributed by atoms with Gasteiger partial charge in [0.15, 0.2) is 0 Å². The van der Waals surface area contributed by atoms with Crippen molar-refractivity contribution in [3.63, 3.8) is 0 Å². The predicted octanol–water partition coefficient (Wildman–Crippen LogP) is 3.47. The van der Waals surface area contributed by atoms with E-state index in [0.29, 0.717) is 23.0 Å². The number of amides is 1. The van der Waals surface area contributed by atoms with Gasteiger partial charge in [0.1, 0.15) is 22.2 Å². The highest BCUT2D eigenvalue weighted by Gasteiger charge is 2.17. The van der Waals surface area contributed by atoms with Gasteiger partial charge in [0.2, 0.25) is 0 Å². The summed E-state index contributed by atoms with van der Waals surface area (Å²) in [4.78, 5) is 27.6. The first-order valence-electron chi connectivity index (χ1n) is 10.9. The van der Waals surface area contributed by atoms with Gasteiger partial charge in [-0.2, -0.15) is 5.10 Å². The normalized spacial score (nSPS) is 15.1. The first kappa shape index (κ1) is 21.5. The molecule has 0 spiro atoms. The number of thiophene rings is 1. The Morgan fingerprint density at radius 2 is 1.91 bits per heavy atom. The molecule has 1 aliphatic heterocycles. The highest BCUT2D eigenvalue weighted by Crippen LogP contribution is 2.28. The molecule has 1 fully saturated rings. The Hall–Kier alpha value is -3.34. The number of benzene rings is 1. The van der Waals surface area contributed by atoms with E-state index in [1.54, 1.807) is 17.5 Å². The van der Waals surface area contributed by atoms with Crippen LogP contribution in [0.3, 0.4) is 0 Å². The lowest BCUT2D eigenvalue weighted by Gasteiger charge is -2.32. The van der Waals surface area contributed by atoms with Crippen LogP contribution in [0.5, 0.6) is 0 Å². The fourth-order valence-corrected chi connectivity index (χ4v) is 4.70. The number of carbonyl (C=O) groups excluding carboxylic acids is 1. The number of hydrogen-bond donors (Lipinski definition) is 3. The average molecular weight is 463 g/mol. The second kappa shape index (κ2) is 9.26. The molecule has 33 heavy (non-hydrogen) atoms. The number of likely N-dealkylation sites (N-methyl/N-ethyl adjacent to an activating group) is 1. The molecule has 170 valence electrons. The Kier molecular flexibility index (Phi) is 6.03. The third-order valence-electron chi connectivity index (χ3n) is 5.77. The van der Waals surface area contributed by atoms with E-state index < -0.39 is 0 Å². The minimum Gasteiger partial charge on any atom is -0.336 e. The van der Waals surface area contributed by atoms with Crippen LogP contribution in [0.1, 0.15) is 21.9 Å². The van der Waals surface area contributed by atoms with Crippen molar-refractivity contribution in [3.8, 4) is 0 Å². The summed E-state index contributed by atoms with van der Waals surface area (Å²) in [7, 11) is 2.16. The van der Waals surface area contributed by atoms with Crippen LogP contribution in [0, 0.1) is 6.92 Å². The smallest absolute Gasteiger partial charge is 0.275 e. The number of H-pyrrole nitrogens is 1. The zero-order valence-corrected chi connectivity index (χ0v) is 19.4. The Morgan fingerprint density at radius 3 is 2.70 bits per heavy atom. The Bertz CT molecular complexity index is 1260. The van der Waals surface area contributed by atoms with Crippen LogP contribution in [0.2, 0.25) is 0 Å². The van der Waals surface area contributed by atoms with Crippen LogP contribution in [0.15, 0.2) is 41.9 Å². The molecule has 0 saturated carbocycles. The highest BCUT2D eigenvalue weighted by molar-refractivity contribution is 7.16. The Balaban J connectivity index is 1.25. The molecule has 4 heterocycles. The van der Waals surface area contributed by atoms with Crippen LogP contribution in [-0.4, -0.2) is 69.1 Å². The number of aryl methyl sites for hydroxylation is 1. The standard InChI is InChI=1S/C23H26N8OS/c1-15-25-21(18-7-12-33-23(18)26-15)28-19-13-24-29-20(19)22(32)27-17-5-3-16(4-6-17)14-31-10-8-30(2)9-11-31/h3-7,12-13H,8-11,14H2,1-2H3,(H,24,29)(H,27,32)(H,25,26,28). The van der Waals surface area contributed by atoms with Crippen molar-refractivity contribution in [2.75, 3.05) is 43.9 Å². The number of hydrogen-bond acceptors (Lipinski definition) is 8. The molecule has 0 unspecified atom stereocenters. The highest BCUT2D eigenvalue weighted by atomic mass is 32.1. The van der Waals surface area contributed by atoms with Crippen LogP contribution in [0.25, 0.3) is 10.2 Å².